The average Bonchev–Trinajstić information content (AvgIpc) is 2.66. The molecular weight excluding hydrogens is 337 g/mol. The minimum atomic E-state index is -4.30. The first-order chi connectivity index (χ1) is 12.5. The molecule has 1 saturated carbocycles. The zero-order chi connectivity index (χ0) is 18.6. The van der Waals surface area contributed by atoms with Crippen LogP contribution in [0.25, 0.3) is 0 Å². The Morgan fingerprint density at radius 3 is 2.04 bits per heavy atom. The van der Waals surface area contributed by atoms with Crippen molar-refractivity contribution in [2.75, 3.05) is 0 Å². The Bertz CT molecular complexity index is 681. The van der Waals surface area contributed by atoms with E-state index in [9.17, 15) is 13.2 Å². The zero-order valence-electron chi connectivity index (χ0n) is 15.1. The van der Waals surface area contributed by atoms with Crippen molar-refractivity contribution in [1.29, 1.82) is 0 Å². The summed E-state index contributed by atoms with van der Waals surface area (Å²) in [7, 11) is 0. The van der Waals surface area contributed by atoms with Gasteiger partial charge < -0.3 is 4.74 Å². The fourth-order valence-electron chi connectivity index (χ4n) is 3.70. The highest BCUT2D eigenvalue weighted by molar-refractivity contribution is 5.30. The van der Waals surface area contributed by atoms with Gasteiger partial charge in [-0.3, -0.25) is 0 Å². The molecule has 0 aromatic heterocycles. The second-order valence-electron chi connectivity index (χ2n) is 7.18. The minimum absolute atomic E-state index is 0.263. The van der Waals surface area contributed by atoms with E-state index in [1.54, 1.807) is 0 Å². The fourth-order valence-corrected chi connectivity index (χ4v) is 3.70. The van der Waals surface area contributed by atoms with Gasteiger partial charge in [0, 0.05) is 0 Å². The Morgan fingerprint density at radius 2 is 1.50 bits per heavy atom. The Kier molecular flexibility index (Phi) is 5.90. The molecule has 0 radical (unpaired) electrons. The number of hydrogen-bond acceptors (Lipinski definition) is 1. The molecule has 0 N–H and O–H groups in total. The molecule has 0 heterocycles. The van der Waals surface area contributed by atoms with E-state index in [4.69, 9.17) is 4.74 Å². The molecule has 2 aromatic carbocycles. The van der Waals surface area contributed by atoms with E-state index in [1.807, 2.05) is 12.1 Å². The van der Waals surface area contributed by atoms with Crippen molar-refractivity contribution in [1.82, 2.24) is 0 Å². The van der Waals surface area contributed by atoms with Gasteiger partial charge in [-0.1, -0.05) is 37.6 Å². The molecule has 0 unspecified atom stereocenters. The zero-order valence-corrected chi connectivity index (χ0v) is 15.1. The van der Waals surface area contributed by atoms with Crippen LogP contribution in [0.15, 0.2) is 48.5 Å². The lowest BCUT2D eigenvalue weighted by atomic mass is 9.78. The summed E-state index contributed by atoms with van der Waals surface area (Å²) in [6.45, 7) is 2.53. The number of halogens is 3. The van der Waals surface area contributed by atoms with Crippen molar-refractivity contribution in [3.63, 3.8) is 0 Å². The summed E-state index contributed by atoms with van der Waals surface area (Å²) in [5.41, 5.74) is 1.45. The van der Waals surface area contributed by atoms with Crippen LogP contribution >= 0.6 is 0 Å². The van der Waals surface area contributed by atoms with Crippen LogP contribution in [-0.2, 0) is 12.8 Å². The third-order valence-corrected chi connectivity index (χ3v) is 5.46. The molecule has 1 fully saturated rings. The van der Waals surface area contributed by atoms with Crippen LogP contribution in [0.1, 0.15) is 61.6 Å². The predicted octanol–water partition coefficient (Wildman–Crippen LogP) is 6.97. The van der Waals surface area contributed by atoms with Gasteiger partial charge in [-0.2, -0.15) is 13.2 Å². The van der Waals surface area contributed by atoms with Crippen LogP contribution in [0.5, 0.6) is 5.75 Å². The molecule has 1 nitrogen and oxygen atoms in total. The Hall–Kier alpha value is -1.97. The summed E-state index contributed by atoms with van der Waals surface area (Å²) in [6.07, 6.45) is 2.12. The van der Waals surface area contributed by atoms with E-state index in [1.165, 1.54) is 49.8 Å². The number of rotatable bonds is 5. The molecule has 0 amide bonds. The maximum Gasteiger partial charge on any atom is 0.416 e. The lowest BCUT2D eigenvalue weighted by Gasteiger charge is -2.28. The SMILES string of the molecule is CCC1CCC(c2ccc(OCc3ccc(C(F)(F)F)cc3)cc2)CC1. The number of benzene rings is 2. The van der Waals surface area contributed by atoms with Gasteiger partial charge >= 0.3 is 6.18 Å². The van der Waals surface area contributed by atoms with E-state index in [0.29, 0.717) is 5.92 Å². The molecule has 0 bridgehead atoms. The summed E-state index contributed by atoms with van der Waals surface area (Å²) in [5, 5.41) is 0. The Morgan fingerprint density at radius 1 is 0.885 bits per heavy atom. The van der Waals surface area contributed by atoms with Crippen LogP contribution in [0.2, 0.25) is 0 Å². The van der Waals surface area contributed by atoms with Crippen molar-refractivity contribution in [2.45, 2.75) is 57.7 Å². The van der Waals surface area contributed by atoms with Crippen molar-refractivity contribution < 1.29 is 17.9 Å². The molecule has 2 aromatic rings. The third kappa shape index (κ3) is 4.80. The molecular formula is C22H25F3O. The fraction of sp³-hybridized carbons (Fsp3) is 0.455. The molecule has 1 aliphatic carbocycles. The molecule has 0 atom stereocenters. The number of hydrogen-bond donors (Lipinski definition) is 0. The van der Waals surface area contributed by atoms with E-state index >= 15 is 0 Å². The monoisotopic (exact) mass is 362 g/mol. The molecule has 3 rings (SSSR count). The van der Waals surface area contributed by atoms with Gasteiger partial charge in [0.15, 0.2) is 0 Å². The van der Waals surface area contributed by atoms with Gasteiger partial charge in [-0.15, -0.1) is 0 Å². The topological polar surface area (TPSA) is 9.23 Å². The van der Waals surface area contributed by atoms with E-state index in [-0.39, 0.29) is 6.61 Å². The van der Waals surface area contributed by atoms with E-state index < -0.39 is 11.7 Å². The first-order valence-corrected chi connectivity index (χ1v) is 9.34. The van der Waals surface area contributed by atoms with E-state index in [0.717, 1.165) is 29.4 Å². The van der Waals surface area contributed by atoms with Gasteiger partial charge in [0.25, 0.3) is 0 Å². The van der Waals surface area contributed by atoms with Crippen LogP contribution in [-0.4, -0.2) is 0 Å². The lowest BCUT2D eigenvalue weighted by Crippen LogP contribution is -2.12. The van der Waals surface area contributed by atoms with E-state index in [2.05, 4.69) is 19.1 Å². The summed E-state index contributed by atoms with van der Waals surface area (Å²) in [4.78, 5) is 0. The van der Waals surface area contributed by atoms with Crippen LogP contribution in [0, 0.1) is 5.92 Å². The molecule has 26 heavy (non-hydrogen) atoms. The van der Waals surface area contributed by atoms with Gasteiger partial charge in [0.2, 0.25) is 0 Å². The third-order valence-electron chi connectivity index (χ3n) is 5.46. The molecule has 1 aliphatic rings. The maximum atomic E-state index is 12.6. The predicted molar refractivity (Wildman–Crippen MR) is 97.2 cm³/mol. The van der Waals surface area contributed by atoms with Crippen LogP contribution in [0.4, 0.5) is 13.2 Å². The quantitative estimate of drug-likeness (QED) is 0.558. The molecule has 0 saturated heterocycles. The Labute approximate surface area is 153 Å². The molecule has 0 spiro atoms. The normalized spacial score (nSPS) is 20.8. The van der Waals surface area contributed by atoms with Crippen molar-refractivity contribution in [2.24, 2.45) is 5.92 Å². The lowest BCUT2D eigenvalue weighted by molar-refractivity contribution is -0.137. The summed E-state index contributed by atoms with van der Waals surface area (Å²) >= 11 is 0. The number of alkyl halides is 3. The molecule has 0 aliphatic heterocycles. The number of ether oxygens (including phenoxy) is 1. The van der Waals surface area contributed by atoms with Gasteiger partial charge in [-0.05, 0) is 72.9 Å². The highest BCUT2D eigenvalue weighted by atomic mass is 19.4. The summed E-state index contributed by atoms with van der Waals surface area (Å²) in [6, 6.07) is 13.3. The second-order valence-corrected chi connectivity index (χ2v) is 7.18. The largest absolute Gasteiger partial charge is 0.489 e. The molecule has 4 heteroatoms. The van der Waals surface area contributed by atoms with Crippen molar-refractivity contribution >= 4 is 0 Å². The second kappa shape index (κ2) is 8.15. The summed E-state index contributed by atoms with van der Waals surface area (Å²) in [5.74, 6) is 2.27. The average molecular weight is 362 g/mol. The maximum absolute atomic E-state index is 12.6. The highest BCUT2D eigenvalue weighted by Gasteiger charge is 2.29. The van der Waals surface area contributed by atoms with Crippen molar-refractivity contribution in [3.8, 4) is 5.75 Å². The molecule has 140 valence electrons. The first kappa shape index (κ1) is 18.8. The summed E-state index contributed by atoms with van der Waals surface area (Å²) < 4.78 is 43.4. The minimum Gasteiger partial charge on any atom is -0.489 e. The van der Waals surface area contributed by atoms with Crippen LogP contribution < -0.4 is 4.74 Å². The Balaban J connectivity index is 1.53. The highest BCUT2D eigenvalue weighted by Crippen LogP contribution is 2.37. The van der Waals surface area contributed by atoms with Crippen LogP contribution in [0.3, 0.4) is 0 Å². The smallest absolute Gasteiger partial charge is 0.416 e. The standard InChI is InChI=1S/C22H25F3O/c1-2-16-3-7-18(8-4-16)19-9-13-21(14-10-19)26-15-17-5-11-20(12-6-17)22(23,24)25/h5-6,9-14,16,18H,2-4,7-8,15H2,1H3. The van der Waals surface area contributed by atoms with Gasteiger partial charge in [0.1, 0.15) is 12.4 Å². The first-order valence-electron chi connectivity index (χ1n) is 9.34. The van der Waals surface area contributed by atoms with Crippen molar-refractivity contribution in [3.05, 3.63) is 65.2 Å². The van der Waals surface area contributed by atoms with Gasteiger partial charge in [-0.25, -0.2) is 0 Å². The van der Waals surface area contributed by atoms with Gasteiger partial charge in [0.05, 0.1) is 5.56 Å².